The summed E-state index contributed by atoms with van der Waals surface area (Å²) >= 11 is 3.24. The Bertz CT molecular complexity index is 1020. The van der Waals surface area contributed by atoms with Gasteiger partial charge < -0.3 is 47.4 Å². The highest BCUT2D eigenvalue weighted by molar-refractivity contribution is 9.09. The Morgan fingerprint density at radius 2 is 1.05 bits per heavy atom. The third kappa shape index (κ3) is 11.0. The van der Waals surface area contributed by atoms with Crippen molar-refractivity contribution < 1.29 is 76.1 Å². The molecule has 10 atom stereocenters. The van der Waals surface area contributed by atoms with Gasteiger partial charge in [-0.15, -0.1) is 0 Å². The van der Waals surface area contributed by atoms with Crippen LogP contribution in [0.5, 0.6) is 0 Å². The highest BCUT2D eigenvalue weighted by Gasteiger charge is 2.56. The maximum absolute atomic E-state index is 12.3. The van der Waals surface area contributed by atoms with Crippen molar-refractivity contribution in [2.75, 3.05) is 18.5 Å². The van der Waals surface area contributed by atoms with Gasteiger partial charge in [-0.1, -0.05) is 15.9 Å². The molecule has 0 radical (unpaired) electrons. The van der Waals surface area contributed by atoms with Crippen molar-refractivity contribution in [1.29, 1.82) is 0 Å². The van der Waals surface area contributed by atoms with Crippen LogP contribution in [0.1, 0.15) is 48.5 Å². The molecule has 2 aliphatic heterocycles. The molecule has 2 rings (SSSR count). The van der Waals surface area contributed by atoms with Gasteiger partial charge in [0.05, 0.1) is 12.7 Å². The number of hydrogen-bond donors (Lipinski definition) is 0. The molecule has 0 unspecified atom stereocenters. The van der Waals surface area contributed by atoms with E-state index in [4.69, 9.17) is 47.4 Å². The van der Waals surface area contributed by atoms with Crippen molar-refractivity contribution in [3.63, 3.8) is 0 Å². The van der Waals surface area contributed by atoms with E-state index in [0.29, 0.717) is 5.33 Å². The second-order valence-electron chi connectivity index (χ2n) is 9.59. The molecule has 244 valence electrons. The summed E-state index contributed by atoms with van der Waals surface area (Å²) in [6, 6.07) is 0. The summed E-state index contributed by atoms with van der Waals surface area (Å²) in [4.78, 5) is 71.9. The smallest absolute Gasteiger partial charge is 0.303 e. The normalized spacial score (nSPS) is 32.1. The number of halogens is 1. The Balaban J connectivity index is 2.60. The largest absolute Gasteiger partial charge is 0.463 e. The van der Waals surface area contributed by atoms with Crippen molar-refractivity contribution in [3.05, 3.63) is 0 Å². The lowest BCUT2D eigenvalue weighted by molar-refractivity contribution is -0.365. The van der Waals surface area contributed by atoms with Gasteiger partial charge in [0, 0.05) is 46.9 Å². The number of carbonyl (C=O) groups is 6. The first-order chi connectivity index (χ1) is 20.1. The van der Waals surface area contributed by atoms with Gasteiger partial charge in [-0.3, -0.25) is 28.8 Å². The summed E-state index contributed by atoms with van der Waals surface area (Å²) in [7, 11) is 0. The maximum Gasteiger partial charge on any atom is 0.303 e. The highest BCUT2D eigenvalue weighted by Crippen LogP contribution is 2.35. The number of ether oxygens (including phenoxy) is 10. The SMILES string of the molecule is CC(=O)OC[C@H]1O[C@@H](OCCBr)[C@H](O[C@H]2O[C@@H](C)[C@@H](OC(C)=O)[C@@H](OC(C)=O)[C@@H]2OC(C)=O)[C@@H](OC(C)=O)[C@H]1OC(C)=O. The summed E-state index contributed by atoms with van der Waals surface area (Å²) < 4.78 is 56.2. The van der Waals surface area contributed by atoms with E-state index in [9.17, 15) is 28.8 Å². The van der Waals surface area contributed by atoms with Gasteiger partial charge in [-0.05, 0) is 6.92 Å². The molecule has 2 aliphatic rings. The molecule has 0 bridgehead atoms. The van der Waals surface area contributed by atoms with Crippen LogP contribution in [0.4, 0.5) is 0 Å². The molecule has 0 spiro atoms. The molecule has 0 aliphatic carbocycles. The van der Waals surface area contributed by atoms with Crippen molar-refractivity contribution in [3.8, 4) is 0 Å². The second-order valence-corrected chi connectivity index (χ2v) is 10.4. The predicted octanol–water partition coefficient (Wildman–Crippen LogP) is 0.474. The van der Waals surface area contributed by atoms with Crippen LogP contribution >= 0.6 is 15.9 Å². The maximum atomic E-state index is 12.3. The Labute approximate surface area is 256 Å². The Hall–Kier alpha value is -2.86. The molecule has 0 aromatic rings. The average Bonchev–Trinajstić information content (AvgIpc) is 2.87. The Morgan fingerprint density at radius 1 is 0.581 bits per heavy atom. The van der Waals surface area contributed by atoms with E-state index < -0.39 is 104 Å². The van der Waals surface area contributed by atoms with Crippen molar-refractivity contribution in [2.24, 2.45) is 0 Å². The number of hydrogen-bond acceptors (Lipinski definition) is 16. The summed E-state index contributed by atoms with van der Waals surface area (Å²) in [5, 5.41) is 0.339. The molecule has 43 heavy (non-hydrogen) atoms. The average molecular weight is 685 g/mol. The molecule has 0 N–H and O–H groups in total. The number of carbonyl (C=O) groups excluding carboxylic acids is 6. The molecule has 16 nitrogen and oxygen atoms in total. The Morgan fingerprint density at radius 3 is 1.53 bits per heavy atom. The fourth-order valence-electron chi connectivity index (χ4n) is 4.55. The minimum Gasteiger partial charge on any atom is -0.463 e. The summed E-state index contributed by atoms with van der Waals surface area (Å²) in [6.07, 6.45) is -13.4. The molecular formula is C26H37BrO16. The molecule has 2 heterocycles. The van der Waals surface area contributed by atoms with Gasteiger partial charge in [0.15, 0.2) is 49.2 Å². The zero-order valence-corrected chi connectivity index (χ0v) is 26.4. The molecule has 0 aromatic heterocycles. The fraction of sp³-hybridized carbons (Fsp3) is 0.769. The zero-order valence-electron chi connectivity index (χ0n) is 24.8. The van der Waals surface area contributed by atoms with Crippen LogP contribution in [0, 0.1) is 0 Å². The lowest BCUT2D eigenvalue weighted by atomic mass is 9.96. The number of esters is 6. The Kier molecular flexibility index (Phi) is 14.2. The van der Waals surface area contributed by atoms with Crippen LogP contribution in [-0.4, -0.2) is 116 Å². The molecule has 0 aromatic carbocycles. The van der Waals surface area contributed by atoms with Crippen LogP contribution in [0.3, 0.4) is 0 Å². The van der Waals surface area contributed by atoms with Gasteiger partial charge >= 0.3 is 35.8 Å². The fourth-order valence-corrected chi connectivity index (χ4v) is 4.73. The number of alkyl halides is 1. The molecule has 0 amide bonds. The zero-order chi connectivity index (χ0) is 32.4. The molecule has 0 saturated carbocycles. The third-order valence-corrected chi connectivity index (χ3v) is 6.25. The van der Waals surface area contributed by atoms with Crippen LogP contribution < -0.4 is 0 Å². The van der Waals surface area contributed by atoms with Crippen LogP contribution in [0.15, 0.2) is 0 Å². The second kappa shape index (κ2) is 16.8. The van der Waals surface area contributed by atoms with Crippen LogP contribution in [0.25, 0.3) is 0 Å². The van der Waals surface area contributed by atoms with Crippen molar-refractivity contribution >= 4 is 51.7 Å². The summed E-state index contributed by atoms with van der Waals surface area (Å²) in [5.74, 6) is -4.56. The van der Waals surface area contributed by atoms with Crippen LogP contribution in [0.2, 0.25) is 0 Å². The first kappa shape index (κ1) is 36.3. The molecule has 2 saturated heterocycles. The van der Waals surface area contributed by atoms with Gasteiger partial charge in [-0.25, -0.2) is 0 Å². The monoisotopic (exact) mass is 684 g/mol. The van der Waals surface area contributed by atoms with E-state index in [2.05, 4.69) is 15.9 Å². The number of rotatable bonds is 12. The van der Waals surface area contributed by atoms with Gasteiger partial charge in [0.25, 0.3) is 0 Å². The van der Waals surface area contributed by atoms with E-state index in [1.165, 1.54) is 6.92 Å². The van der Waals surface area contributed by atoms with E-state index in [0.717, 1.165) is 41.5 Å². The van der Waals surface area contributed by atoms with E-state index in [1.807, 2.05) is 0 Å². The minimum absolute atomic E-state index is 0.0513. The van der Waals surface area contributed by atoms with Gasteiger partial charge in [-0.2, -0.15) is 0 Å². The topological polar surface area (TPSA) is 195 Å². The minimum atomic E-state index is -1.56. The first-order valence-corrected chi connectivity index (χ1v) is 14.4. The third-order valence-electron chi connectivity index (χ3n) is 5.93. The van der Waals surface area contributed by atoms with E-state index in [-0.39, 0.29) is 6.61 Å². The predicted molar refractivity (Wildman–Crippen MR) is 142 cm³/mol. The molecular weight excluding hydrogens is 648 g/mol. The summed E-state index contributed by atoms with van der Waals surface area (Å²) in [5.41, 5.74) is 0. The molecule has 17 heteroatoms. The molecule has 2 fully saturated rings. The van der Waals surface area contributed by atoms with Gasteiger partial charge in [0.1, 0.15) is 12.7 Å². The van der Waals surface area contributed by atoms with E-state index in [1.54, 1.807) is 0 Å². The van der Waals surface area contributed by atoms with Crippen molar-refractivity contribution in [2.45, 2.75) is 110 Å². The van der Waals surface area contributed by atoms with Crippen molar-refractivity contribution in [1.82, 2.24) is 0 Å². The first-order valence-electron chi connectivity index (χ1n) is 13.3. The highest BCUT2D eigenvalue weighted by atomic mass is 79.9. The van der Waals surface area contributed by atoms with Gasteiger partial charge in [0.2, 0.25) is 0 Å². The summed E-state index contributed by atoms with van der Waals surface area (Å²) in [6.45, 7) is 7.86. The lowest BCUT2D eigenvalue weighted by Crippen LogP contribution is -2.66. The lowest BCUT2D eigenvalue weighted by Gasteiger charge is -2.48. The van der Waals surface area contributed by atoms with E-state index >= 15 is 0 Å². The van der Waals surface area contributed by atoms with Crippen LogP contribution in [-0.2, 0) is 76.1 Å². The standard InChI is InChI=1S/C26H37BrO16/c1-11-19(37-13(3)29)21(39-15(5)31)24(41-17(7)33)26(36-11)43-23-22(40-16(6)32)20(38-14(4)30)18(10-35-12(2)28)42-25(23)34-9-8-27/h11,18-26H,8-10H2,1-7H3/t11-,18+,19+,20-,21+,22-,23+,24-,25+,26+/m0/s1. The quantitative estimate of drug-likeness (QED) is 0.156.